The standard InChI is InChI=1S/C14H22N2/c1-3-4-5-6-7-11-16-13(2)14-9-8-10-15-12-14/h3,8-10,12-13,16H,1,4-7,11H2,2H3/t13-/m0/s1. The normalized spacial score (nSPS) is 12.3. The molecule has 0 aliphatic heterocycles. The van der Waals surface area contributed by atoms with Crippen molar-refractivity contribution < 1.29 is 0 Å². The molecular weight excluding hydrogens is 196 g/mol. The van der Waals surface area contributed by atoms with Crippen molar-refractivity contribution in [2.24, 2.45) is 0 Å². The van der Waals surface area contributed by atoms with Crippen molar-refractivity contribution in [3.63, 3.8) is 0 Å². The molecule has 1 heterocycles. The molecule has 0 aliphatic rings. The van der Waals surface area contributed by atoms with E-state index in [1.165, 1.54) is 24.8 Å². The summed E-state index contributed by atoms with van der Waals surface area (Å²) in [6.45, 7) is 6.98. The van der Waals surface area contributed by atoms with Crippen molar-refractivity contribution in [1.82, 2.24) is 10.3 Å². The van der Waals surface area contributed by atoms with Gasteiger partial charge in [0.2, 0.25) is 0 Å². The van der Waals surface area contributed by atoms with Crippen LogP contribution in [-0.4, -0.2) is 11.5 Å². The summed E-state index contributed by atoms with van der Waals surface area (Å²) in [4.78, 5) is 4.12. The van der Waals surface area contributed by atoms with Gasteiger partial charge in [-0.3, -0.25) is 4.98 Å². The molecule has 0 spiro atoms. The number of aromatic nitrogens is 1. The SMILES string of the molecule is C=CCCCCCN[C@@H](C)c1cccnc1. The lowest BCUT2D eigenvalue weighted by Gasteiger charge is -2.13. The first-order valence-electron chi connectivity index (χ1n) is 6.09. The lowest BCUT2D eigenvalue weighted by atomic mass is 10.1. The zero-order valence-electron chi connectivity index (χ0n) is 10.2. The predicted octanol–water partition coefficient (Wildman–Crippen LogP) is 3.48. The second kappa shape index (κ2) is 8.05. The Bertz CT molecular complexity index is 282. The van der Waals surface area contributed by atoms with Gasteiger partial charge in [0.1, 0.15) is 0 Å². The molecule has 1 aromatic rings. The molecule has 2 heteroatoms. The molecule has 2 nitrogen and oxygen atoms in total. The van der Waals surface area contributed by atoms with E-state index in [0.717, 1.165) is 13.0 Å². The first kappa shape index (κ1) is 12.9. The molecule has 0 saturated carbocycles. The minimum absolute atomic E-state index is 0.396. The van der Waals surface area contributed by atoms with Crippen LogP contribution in [0.5, 0.6) is 0 Å². The van der Waals surface area contributed by atoms with Crippen LogP contribution in [0.3, 0.4) is 0 Å². The van der Waals surface area contributed by atoms with Crippen LogP contribution in [0.4, 0.5) is 0 Å². The van der Waals surface area contributed by atoms with Crippen LogP contribution in [0.15, 0.2) is 37.2 Å². The predicted molar refractivity (Wildman–Crippen MR) is 69.3 cm³/mol. The summed E-state index contributed by atoms with van der Waals surface area (Å²) in [6.07, 6.45) is 10.6. The van der Waals surface area contributed by atoms with Gasteiger partial charge in [-0.05, 0) is 44.4 Å². The molecule has 16 heavy (non-hydrogen) atoms. The lowest BCUT2D eigenvalue weighted by molar-refractivity contribution is 0.538. The molecule has 1 aromatic heterocycles. The second-order valence-corrected chi connectivity index (χ2v) is 4.10. The number of nitrogens with zero attached hydrogens (tertiary/aromatic N) is 1. The highest BCUT2D eigenvalue weighted by atomic mass is 14.9. The van der Waals surface area contributed by atoms with Crippen LogP contribution in [0.25, 0.3) is 0 Å². The number of hydrogen-bond acceptors (Lipinski definition) is 2. The van der Waals surface area contributed by atoms with Crippen LogP contribution >= 0.6 is 0 Å². The van der Waals surface area contributed by atoms with Crippen molar-refractivity contribution >= 4 is 0 Å². The number of rotatable bonds is 8. The van der Waals surface area contributed by atoms with Crippen LogP contribution < -0.4 is 5.32 Å². The molecule has 0 bridgehead atoms. The fourth-order valence-corrected chi connectivity index (χ4v) is 1.66. The monoisotopic (exact) mass is 218 g/mol. The Labute approximate surface area is 98.8 Å². The van der Waals surface area contributed by atoms with Gasteiger partial charge in [0.15, 0.2) is 0 Å². The zero-order valence-corrected chi connectivity index (χ0v) is 10.2. The van der Waals surface area contributed by atoms with Gasteiger partial charge in [-0.15, -0.1) is 6.58 Å². The van der Waals surface area contributed by atoms with E-state index >= 15 is 0 Å². The highest BCUT2D eigenvalue weighted by Gasteiger charge is 2.02. The summed E-state index contributed by atoms with van der Waals surface area (Å²) in [5, 5.41) is 3.51. The van der Waals surface area contributed by atoms with Gasteiger partial charge in [-0.25, -0.2) is 0 Å². The molecular formula is C14H22N2. The van der Waals surface area contributed by atoms with E-state index < -0.39 is 0 Å². The van der Waals surface area contributed by atoms with E-state index in [1.54, 1.807) is 0 Å². The Hall–Kier alpha value is -1.15. The fourth-order valence-electron chi connectivity index (χ4n) is 1.66. The second-order valence-electron chi connectivity index (χ2n) is 4.10. The molecule has 0 radical (unpaired) electrons. The summed E-state index contributed by atoms with van der Waals surface area (Å²) in [7, 11) is 0. The molecule has 1 N–H and O–H groups in total. The molecule has 0 saturated heterocycles. The summed E-state index contributed by atoms with van der Waals surface area (Å²) in [5.41, 5.74) is 1.26. The van der Waals surface area contributed by atoms with E-state index in [1.807, 2.05) is 24.5 Å². The number of hydrogen-bond donors (Lipinski definition) is 1. The number of pyridine rings is 1. The van der Waals surface area contributed by atoms with Gasteiger partial charge < -0.3 is 5.32 Å². The summed E-state index contributed by atoms with van der Waals surface area (Å²) >= 11 is 0. The van der Waals surface area contributed by atoms with E-state index in [0.29, 0.717) is 6.04 Å². The topological polar surface area (TPSA) is 24.9 Å². The highest BCUT2D eigenvalue weighted by Crippen LogP contribution is 2.09. The maximum atomic E-state index is 4.12. The maximum absolute atomic E-state index is 4.12. The largest absolute Gasteiger partial charge is 0.310 e. The van der Waals surface area contributed by atoms with Crippen LogP contribution in [0.1, 0.15) is 44.2 Å². The van der Waals surface area contributed by atoms with Crippen molar-refractivity contribution in [3.05, 3.63) is 42.7 Å². The zero-order chi connectivity index (χ0) is 11.6. The number of nitrogens with one attached hydrogen (secondary N) is 1. The first-order chi connectivity index (χ1) is 7.84. The highest BCUT2D eigenvalue weighted by molar-refractivity contribution is 5.12. The quantitative estimate of drug-likeness (QED) is 0.534. The van der Waals surface area contributed by atoms with Crippen molar-refractivity contribution in [2.75, 3.05) is 6.54 Å². The van der Waals surface area contributed by atoms with Crippen molar-refractivity contribution in [3.8, 4) is 0 Å². The summed E-state index contributed by atoms with van der Waals surface area (Å²) in [5.74, 6) is 0. The van der Waals surface area contributed by atoms with Gasteiger partial charge in [0.25, 0.3) is 0 Å². The average molecular weight is 218 g/mol. The number of allylic oxidation sites excluding steroid dienone is 1. The van der Waals surface area contributed by atoms with Crippen LogP contribution in [0, 0.1) is 0 Å². The first-order valence-corrected chi connectivity index (χ1v) is 6.09. The molecule has 88 valence electrons. The van der Waals surface area contributed by atoms with Crippen LogP contribution in [0.2, 0.25) is 0 Å². The van der Waals surface area contributed by atoms with E-state index in [2.05, 4.69) is 29.9 Å². The van der Waals surface area contributed by atoms with Gasteiger partial charge in [0.05, 0.1) is 0 Å². The Balaban J connectivity index is 2.11. The molecule has 0 fully saturated rings. The van der Waals surface area contributed by atoms with Gasteiger partial charge in [-0.1, -0.05) is 18.6 Å². The van der Waals surface area contributed by atoms with Gasteiger partial charge >= 0.3 is 0 Å². The Kier molecular flexibility index (Phi) is 6.50. The Morgan fingerprint density at radius 1 is 1.44 bits per heavy atom. The molecule has 1 atom stereocenters. The summed E-state index contributed by atoms with van der Waals surface area (Å²) in [6, 6.07) is 4.49. The van der Waals surface area contributed by atoms with E-state index in [9.17, 15) is 0 Å². The molecule has 0 amide bonds. The average Bonchev–Trinajstić information content (AvgIpc) is 2.34. The molecule has 0 aromatic carbocycles. The molecule has 1 rings (SSSR count). The summed E-state index contributed by atoms with van der Waals surface area (Å²) < 4.78 is 0. The Morgan fingerprint density at radius 2 is 2.31 bits per heavy atom. The molecule has 0 unspecified atom stereocenters. The fraction of sp³-hybridized carbons (Fsp3) is 0.500. The number of unbranched alkanes of at least 4 members (excludes halogenated alkanes) is 3. The minimum Gasteiger partial charge on any atom is -0.310 e. The van der Waals surface area contributed by atoms with Crippen molar-refractivity contribution in [2.45, 2.75) is 38.6 Å². The van der Waals surface area contributed by atoms with E-state index in [-0.39, 0.29) is 0 Å². The van der Waals surface area contributed by atoms with Crippen LogP contribution in [-0.2, 0) is 0 Å². The Morgan fingerprint density at radius 3 is 3.00 bits per heavy atom. The maximum Gasteiger partial charge on any atom is 0.0315 e. The van der Waals surface area contributed by atoms with Gasteiger partial charge in [-0.2, -0.15) is 0 Å². The minimum atomic E-state index is 0.396. The third-order valence-electron chi connectivity index (χ3n) is 2.72. The molecule has 0 aliphatic carbocycles. The van der Waals surface area contributed by atoms with Crippen molar-refractivity contribution in [1.29, 1.82) is 0 Å². The third kappa shape index (κ3) is 5.08. The smallest absolute Gasteiger partial charge is 0.0315 e. The van der Waals surface area contributed by atoms with E-state index in [4.69, 9.17) is 0 Å². The third-order valence-corrected chi connectivity index (χ3v) is 2.72. The van der Waals surface area contributed by atoms with Gasteiger partial charge in [0, 0.05) is 18.4 Å². The lowest BCUT2D eigenvalue weighted by Crippen LogP contribution is -2.19.